The van der Waals surface area contributed by atoms with Crippen molar-refractivity contribution in [2.45, 2.75) is 33.5 Å². The van der Waals surface area contributed by atoms with Crippen molar-refractivity contribution in [3.05, 3.63) is 0 Å². The number of esters is 1. The molecule has 0 bridgehead atoms. The predicted molar refractivity (Wildman–Crippen MR) is 46.9 cm³/mol. The highest BCUT2D eigenvalue weighted by atomic mass is 16.7. The van der Waals surface area contributed by atoms with Crippen LogP contribution in [-0.2, 0) is 14.3 Å². The second-order valence-corrected chi connectivity index (χ2v) is 4.16. The van der Waals surface area contributed by atoms with Gasteiger partial charge in [0.25, 0.3) is 0 Å². The minimum Gasteiger partial charge on any atom is -0.436 e. The molecule has 3 atom stereocenters. The molecule has 3 heteroatoms. The lowest BCUT2D eigenvalue weighted by molar-refractivity contribution is -0.181. The van der Waals surface area contributed by atoms with Crippen molar-refractivity contribution >= 4 is 5.97 Å². The van der Waals surface area contributed by atoms with Crippen LogP contribution in [-0.4, -0.2) is 18.9 Å². The highest BCUT2D eigenvalue weighted by Crippen LogP contribution is 2.77. The Labute approximate surface area is 78.4 Å². The van der Waals surface area contributed by atoms with Crippen molar-refractivity contribution < 1.29 is 14.3 Å². The average Bonchev–Trinajstić information content (AvgIpc) is 2.90. The summed E-state index contributed by atoms with van der Waals surface area (Å²) in [5.41, 5.74) is -0.147. The van der Waals surface area contributed by atoms with Crippen LogP contribution in [0, 0.1) is 17.3 Å². The molecule has 2 saturated carbocycles. The summed E-state index contributed by atoms with van der Waals surface area (Å²) in [5.74, 6) is 1.16. The van der Waals surface area contributed by atoms with Gasteiger partial charge < -0.3 is 9.47 Å². The van der Waals surface area contributed by atoms with Gasteiger partial charge in [0.1, 0.15) is 0 Å². The van der Waals surface area contributed by atoms with E-state index in [0.29, 0.717) is 18.4 Å². The lowest BCUT2D eigenvalue weighted by Gasteiger charge is -2.19. The molecule has 13 heavy (non-hydrogen) atoms. The minimum absolute atomic E-state index is 0.0744. The summed E-state index contributed by atoms with van der Waals surface area (Å²) in [6.45, 7) is 6.23. The number of fused-ring (bicyclic) bond motifs is 1. The van der Waals surface area contributed by atoms with Crippen LogP contribution in [0.4, 0.5) is 0 Å². The maximum absolute atomic E-state index is 11.6. The van der Waals surface area contributed by atoms with Crippen LogP contribution in [0.1, 0.15) is 27.2 Å². The van der Waals surface area contributed by atoms with Crippen molar-refractivity contribution in [1.29, 1.82) is 0 Å². The second-order valence-electron chi connectivity index (χ2n) is 4.16. The first-order valence-electron chi connectivity index (χ1n) is 4.93. The molecule has 2 aliphatic rings. The minimum atomic E-state index is -0.394. The predicted octanol–water partition coefficient (Wildman–Crippen LogP) is 1.57. The third-order valence-corrected chi connectivity index (χ3v) is 3.34. The number of hydrogen-bond donors (Lipinski definition) is 0. The molecular formula is C10H16O3. The van der Waals surface area contributed by atoms with E-state index in [1.165, 1.54) is 6.42 Å². The molecule has 0 heterocycles. The fourth-order valence-electron chi connectivity index (χ4n) is 2.07. The van der Waals surface area contributed by atoms with E-state index in [9.17, 15) is 4.79 Å². The van der Waals surface area contributed by atoms with Crippen LogP contribution >= 0.6 is 0 Å². The molecule has 0 spiro atoms. The van der Waals surface area contributed by atoms with E-state index in [2.05, 4.69) is 0 Å². The molecule has 0 aromatic carbocycles. The summed E-state index contributed by atoms with van der Waals surface area (Å²) in [6.07, 6.45) is 0.823. The molecule has 0 aliphatic heterocycles. The van der Waals surface area contributed by atoms with Gasteiger partial charge in [-0.25, -0.2) is 0 Å². The van der Waals surface area contributed by atoms with Crippen LogP contribution in [0.5, 0.6) is 0 Å². The second kappa shape index (κ2) is 2.71. The highest BCUT2D eigenvalue weighted by Gasteiger charge is 2.78. The summed E-state index contributed by atoms with van der Waals surface area (Å²) >= 11 is 0. The van der Waals surface area contributed by atoms with Crippen molar-refractivity contribution in [3.8, 4) is 0 Å². The van der Waals surface area contributed by atoms with E-state index in [0.717, 1.165) is 0 Å². The molecule has 0 N–H and O–H groups in total. The Morgan fingerprint density at radius 2 is 2.23 bits per heavy atom. The lowest BCUT2D eigenvalue weighted by atomic mass is 9.98. The fourth-order valence-corrected chi connectivity index (χ4v) is 2.07. The Morgan fingerprint density at radius 1 is 1.62 bits per heavy atom. The summed E-state index contributed by atoms with van der Waals surface area (Å²) < 4.78 is 10.3. The third kappa shape index (κ3) is 1.26. The standard InChI is InChI=1S/C10H16O3/c1-4-12-6(2)13-9(11)10(3)7-5-8(7)10/h6-8H,4-5H2,1-3H3. The Kier molecular flexibility index (Phi) is 1.88. The van der Waals surface area contributed by atoms with Crippen LogP contribution in [0.15, 0.2) is 0 Å². The summed E-state index contributed by atoms with van der Waals surface area (Å²) in [4.78, 5) is 11.6. The van der Waals surface area contributed by atoms with Gasteiger partial charge in [-0.05, 0) is 39.0 Å². The van der Waals surface area contributed by atoms with E-state index in [1.807, 2.05) is 13.8 Å². The van der Waals surface area contributed by atoms with E-state index >= 15 is 0 Å². The van der Waals surface area contributed by atoms with Crippen molar-refractivity contribution in [3.63, 3.8) is 0 Å². The highest BCUT2D eigenvalue weighted by molar-refractivity contribution is 5.83. The molecule has 2 fully saturated rings. The average molecular weight is 184 g/mol. The molecule has 2 rings (SSSR count). The Hall–Kier alpha value is -0.570. The molecule has 3 unspecified atom stereocenters. The fraction of sp³-hybridized carbons (Fsp3) is 0.900. The van der Waals surface area contributed by atoms with Crippen LogP contribution < -0.4 is 0 Å². The van der Waals surface area contributed by atoms with Gasteiger partial charge >= 0.3 is 5.97 Å². The van der Waals surface area contributed by atoms with Crippen molar-refractivity contribution in [2.24, 2.45) is 17.3 Å². The molecule has 2 aliphatic carbocycles. The maximum Gasteiger partial charge on any atom is 0.314 e. The van der Waals surface area contributed by atoms with Gasteiger partial charge in [0.05, 0.1) is 5.41 Å². The zero-order valence-corrected chi connectivity index (χ0v) is 8.37. The molecule has 0 saturated heterocycles. The summed E-state index contributed by atoms with van der Waals surface area (Å²) in [5, 5.41) is 0. The topological polar surface area (TPSA) is 35.5 Å². The van der Waals surface area contributed by atoms with Crippen LogP contribution in [0.3, 0.4) is 0 Å². The molecule has 3 nitrogen and oxygen atoms in total. The molecule has 74 valence electrons. The first-order valence-corrected chi connectivity index (χ1v) is 4.93. The van der Waals surface area contributed by atoms with Gasteiger partial charge in [-0.1, -0.05) is 0 Å². The van der Waals surface area contributed by atoms with Gasteiger partial charge in [0, 0.05) is 6.61 Å². The maximum atomic E-state index is 11.6. The quantitative estimate of drug-likeness (QED) is 0.491. The largest absolute Gasteiger partial charge is 0.436 e. The number of rotatable bonds is 4. The first-order chi connectivity index (χ1) is 6.10. The normalized spacial score (nSPS) is 42.1. The van der Waals surface area contributed by atoms with E-state index in [-0.39, 0.29) is 11.4 Å². The van der Waals surface area contributed by atoms with E-state index < -0.39 is 6.29 Å². The first kappa shape index (κ1) is 9.00. The SMILES string of the molecule is CCOC(C)OC(=O)C1(C)C2CC21. The lowest BCUT2D eigenvalue weighted by Crippen LogP contribution is -2.27. The number of ether oxygens (including phenoxy) is 2. The van der Waals surface area contributed by atoms with Gasteiger partial charge in [-0.3, -0.25) is 4.79 Å². The monoisotopic (exact) mass is 184 g/mol. The number of carbonyl (C=O) groups is 1. The number of hydrogen-bond acceptors (Lipinski definition) is 3. The van der Waals surface area contributed by atoms with Gasteiger partial charge in [0.2, 0.25) is 0 Å². The third-order valence-electron chi connectivity index (χ3n) is 3.34. The molecule has 0 aromatic rings. The zero-order valence-electron chi connectivity index (χ0n) is 8.37. The molecule has 0 radical (unpaired) electrons. The summed E-state index contributed by atoms with van der Waals surface area (Å²) in [7, 11) is 0. The smallest absolute Gasteiger partial charge is 0.314 e. The van der Waals surface area contributed by atoms with Gasteiger partial charge in [0.15, 0.2) is 6.29 Å². The van der Waals surface area contributed by atoms with Crippen LogP contribution in [0.25, 0.3) is 0 Å². The molecular weight excluding hydrogens is 168 g/mol. The van der Waals surface area contributed by atoms with Gasteiger partial charge in [-0.15, -0.1) is 0 Å². The van der Waals surface area contributed by atoms with E-state index in [4.69, 9.17) is 9.47 Å². The molecule has 0 aromatic heterocycles. The van der Waals surface area contributed by atoms with Gasteiger partial charge in [-0.2, -0.15) is 0 Å². The van der Waals surface area contributed by atoms with Crippen molar-refractivity contribution in [1.82, 2.24) is 0 Å². The zero-order chi connectivity index (χ0) is 9.64. The Morgan fingerprint density at radius 3 is 2.62 bits per heavy atom. The Bertz CT molecular complexity index is 228. The number of carbonyl (C=O) groups excluding carboxylic acids is 1. The van der Waals surface area contributed by atoms with Crippen molar-refractivity contribution in [2.75, 3.05) is 6.61 Å². The van der Waals surface area contributed by atoms with Crippen LogP contribution in [0.2, 0.25) is 0 Å². The summed E-state index contributed by atoms with van der Waals surface area (Å²) in [6, 6.07) is 0. The van der Waals surface area contributed by atoms with E-state index in [1.54, 1.807) is 6.92 Å². The molecule has 0 amide bonds. The Balaban J connectivity index is 1.79.